The second-order valence-electron chi connectivity index (χ2n) is 2.33. The smallest absolute Gasteiger partial charge is 0.155 e. The van der Waals surface area contributed by atoms with E-state index in [0.717, 1.165) is 5.75 Å². The van der Waals surface area contributed by atoms with Gasteiger partial charge in [-0.3, -0.25) is 0 Å². The van der Waals surface area contributed by atoms with Gasteiger partial charge in [-0.2, -0.15) is 4.73 Å². The normalized spacial score (nSPS) is 9.67. The van der Waals surface area contributed by atoms with Crippen LogP contribution >= 0.6 is 0 Å². The average Bonchev–Trinajstić information content (AvgIpc) is 2.59. The summed E-state index contributed by atoms with van der Waals surface area (Å²) in [5, 5.41) is 0. The minimum atomic E-state index is 0.801. The Kier molecular flexibility index (Phi) is 1.78. The number of hydrogen-bond donors (Lipinski definition) is 0. The third-order valence-electron chi connectivity index (χ3n) is 1.43. The van der Waals surface area contributed by atoms with E-state index in [2.05, 4.69) is 4.98 Å². The van der Waals surface area contributed by atoms with Gasteiger partial charge in [-0.05, 0) is 12.1 Å². The van der Waals surface area contributed by atoms with Crippen molar-refractivity contribution < 1.29 is 4.84 Å². The van der Waals surface area contributed by atoms with Crippen LogP contribution in [0.25, 0.3) is 0 Å². The molecule has 60 valence electrons. The van der Waals surface area contributed by atoms with E-state index in [1.807, 2.05) is 30.3 Å². The van der Waals surface area contributed by atoms with Gasteiger partial charge < -0.3 is 4.84 Å². The lowest BCUT2D eigenvalue weighted by molar-refractivity contribution is 0.215. The summed E-state index contributed by atoms with van der Waals surface area (Å²) in [5.74, 6) is 0.801. The van der Waals surface area contributed by atoms with E-state index in [4.69, 9.17) is 4.84 Å². The molecule has 0 aliphatic carbocycles. The maximum atomic E-state index is 5.37. The number of nitrogens with zero attached hydrogens (tertiary/aromatic N) is 2. The molecule has 1 heterocycles. The van der Waals surface area contributed by atoms with E-state index in [9.17, 15) is 0 Å². The first-order chi connectivity index (χ1) is 5.95. The second-order valence-corrected chi connectivity index (χ2v) is 2.33. The van der Waals surface area contributed by atoms with Crippen LogP contribution in [-0.2, 0) is 0 Å². The molecule has 0 amide bonds. The first-order valence-electron chi connectivity index (χ1n) is 3.66. The van der Waals surface area contributed by atoms with Crippen molar-refractivity contribution in [1.29, 1.82) is 0 Å². The van der Waals surface area contributed by atoms with Crippen molar-refractivity contribution in [2.45, 2.75) is 0 Å². The van der Waals surface area contributed by atoms with Crippen LogP contribution in [0, 0.1) is 0 Å². The Hall–Kier alpha value is -1.77. The van der Waals surface area contributed by atoms with Gasteiger partial charge >= 0.3 is 0 Å². The summed E-state index contributed by atoms with van der Waals surface area (Å²) in [7, 11) is 0. The van der Waals surface area contributed by atoms with Crippen molar-refractivity contribution in [3.05, 3.63) is 49.1 Å². The van der Waals surface area contributed by atoms with Gasteiger partial charge in [0.05, 0.1) is 6.20 Å². The summed E-state index contributed by atoms with van der Waals surface area (Å²) in [6, 6.07) is 9.57. The second kappa shape index (κ2) is 3.09. The number of benzene rings is 1. The summed E-state index contributed by atoms with van der Waals surface area (Å²) in [6.07, 6.45) is 5.02. The zero-order valence-electron chi connectivity index (χ0n) is 6.42. The number of hydrogen-bond acceptors (Lipinski definition) is 2. The molecule has 0 unspecified atom stereocenters. The van der Waals surface area contributed by atoms with E-state index in [1.165, 1.54) is 0 Å². The van der Waals surface area contributed by atoms with Gasteiger partial charge in [0, 0.05) is 6.20 Å². The quantitative estimate of drug-likeness (QED) is 0.668. The van der Waals surface area contributed by atoms with Gasteiger partial charge in [0.1, 0.15) is 6.33 Å². The maximum Gasteiger partial charge on any atom is 0.155 e. The van der Waals surface area contributed by atoms with Crippen molar-refractivity contribution in [2.75, 3.05) is 0 Å². The summed E-state index contributed by atoms with van der Waals surface area (Å²) >= 11 is 0. The van der Waals surface area contributed by atoms with E-state index in [1.54, 1.807) is 23.5 Å². The van der Waals surface area contributed by atoms with Gasteiger partial charge in [-0.25, -0.2) is 4.98 Å². The van der Waals surface area contributed by atoms with Crippen LogP contribution in [0.3, 0.4) is 0 Å². The molecule has 0 saturated heterocycles. The Morgan fingerprint density at radius 3 is 2.67 bits per heavy atom. The fraction of sp³-hybridized carbons (Fsp3) is 0. The lowest BCUT2D eigenvalue weighted by Crippen LogP contribution is -2.00. The SMILES string of the molecule is c1ccc(On2ccnc2)cc1. The number of para-hydroxylation sites is 1. The molecule has 0 aliphatic rings. The largest absolute Gasteiger partial charge is 0.374 e. The highest BCUT2D eigenvalue weighted by Crippen LogP contribution is 2.08. The average molecular weight is 160 g/mol. The van der Waals surface area contributed by atoms with Crippen molar-refractivity contribution >= 4 is 0 Å². The van der Waals surface area contributed by atoms with Crippen LogP contribution in [0.4, 0.5) is 0 Å². The van der Waals surface area contributed by atoms with Crippen LogP contribution in [-0.4, -0.2) is 9.71 Å². The molecular weight excluding hydrogens is 152 g/mol. The molecule has 0 atom stereocenters. The van der Waals surface area contributed by atoms with E-state index >= 15 is 0 Å². The van der Waals surface area contributed by atoms with Gasteiger partial charge in [0.25, 0.3) is 0 Å². The predicted molar refractivity (Wildman–Crippen MR) is 44.7 cm³/mol. The van der Waals surface area contributed by atoms with Gasteiger partial charge in [-0.15, -0.1) is 0 Å². The molecule has 0 saturated carbocycles. The molecule has 3 heteroatoms. The molecule has 0 spiro atoms. The Balaban J connectivity index is 2.15. The monoisotopic (exact) mass is 160 g/mol. The summed E-state index contributed by atoms with van der Waals surface area (Å²) in [5.41, 5.74) is 0. The molecule has 0 N–H and O–H groups in total. The lowest BCUT2D eigenvalue weighted by Gasteiger charge is -2.02. The molecule has 0 fully saturated rings. The van der Waals surface area contributed by atoms with Crippen molar-refractivity contribution in [2.24, 2.45) is 0 Å². The fourth-order valence-electron chi connectivity index (χ4n) is 0.904. The van der Waals surface area contributed by atoms with Crippen LogP contribution in [0.15, 0.2) is 49.1 Å². The molecule has 0 radical (unpaired) electrons. The number of imidazole rings is 1. The Labute approximate surface area is 70.2 Å². The van der Waals surface area contributed by atoms with E-state index < -0.39 is 0 Å². The zero-order chi connectivity index (χ0) is 8.23. The first-order valence-corrected chi connectivity index (χ1v) is 3.66. The van der Waals surface area contributed by atoms with Crippen LogP contribution in [0.5, 0.6) is 5.75 Å². The third-order valence-corrected chi connectivity index (χ3v) is 1.43. The minimum absolute atomic E-state index is 0.801. The third kappa shape index (κ3) is 1.45. The zero-order valence-corrected chi connectivity index (χ0v) is 6.42. The Morgan fingerprint density at radius 1 is 1.17 bits per heavy atom. The van der Waals surface area contributed by atoms with Crippen LogP contribution < -0.4 is 4.84 Å². The minimum Gasteiger partial charge on any atom is -0.374 e. The molecule has 1 aromatic carbocycles. The topological polar surface area (TPSA) is 27.1 Å². The van der Waals surface area contributed by atoms with E-state index in [0.29, 0.717) is 0 Å². The van der Waals surface area contributed by atoms with Crippen molar-refractivity contribution in [3.8, 4) is 5.75 Å². The number of rotatable bonds is 2. The first kappa shape index (κ1) is 6.91. The maximum absolute atomic E-state index is 5.37. The van der Waals surface area contributed by atoms with Gasteiger partial charge in [0.15, 0.2) is 5.75 Å². The van der Waals surface area contributed by atoms with Crippen LogP contribution in [0.2, 0.25) is 0 Å². The molecule has 12 heavy (non-hydrogen) atoms. The molecule has 1 aromatic heterocycles. The highest BCUT2D eigenvalue weighted by Gasteiger charge is 1.91. The predicted octanol–water partition coefficient (Wildman–Crippen LogP) is 1.73. The lowest BCUT2D eigenvalue weighted by atomic mass is 10.3. The standard InChI is InChI=1S/C9H8N2O/c1-2-4-9(5-3-1)12-11-7-6-10-8-11/h1-8H. The Morgan fingerprint density at radius 2 is 2.00 bits per heavy atom. The fourth-order valence-corrected chi connectivity index (χ4v) is 0.904. The molecular formula is C9H8N2O. The van der Waals surface area contributed by atoms with Gasteiger partial charge in [0.2, 0.25) is 0 Å². The van der Waals surface area contributed by atoms with Gasteiger partial charge in [-0.1, -0.05) is 18.2 Å². The molecule has 2 rings (SSSR count). The summed E-state index contributed by atoms with van der Waals surface area (Å²) in [6.45, 7) is 0. The molecule has 0 bridgehead atoms. The van der Waals surface area contributed by atoms with E-state index in [-0.39, 0.29) is 0 Å². The van der Waals surface area contributed by atoms with Crippen molar-refractivity contribution in [1.82, 2.24) is 9.71 Å². The number of aromatic nitrogens is 2. The summed E-state index contributed by atoms with van der Waals surface area (Å²) in [4.78, 5) is 9.23. The van der Waals surface area contributed by atoms with Crippen molar-refractivity contribution in [3.63, 3.8) is 0 Å². The highest BCUT2D eigenvalue weighted by atomic mass is 16.7. The molecule has 0 aliphatic heterocycles. The Bertz CT molecular complexity index is 329. The molecule has 3 nitrogen and oxygen atoms in total. The summed E-state index contributed by atoms with van der Waals surface area (Å²) < 4.78 is 1.55. The highest BCUT2D eigenvalue weighted by molar-refractivity contribution is 5.20. The molecule has 2 aromatic rings. The van der Waals surface area contributed by atoms with Crippen LogP contribution in [0.1, 0.15) is 0 Å².